The Kier molecular flexibility index (Phi) is 14.1. The summed E-state index contributed by atoms with van der Waals surface area (Å²) in [6.07, 6.45) is 10.8. The second-order valence-corrected chi connectivity index (χ2v) is 3.09. The van der Waals surface area contributed by atoms with Gasteiger partial charge in [-0.05, 0) is 32.7 Å². The Labute approximate surface area is 90.1 Å². The Morgan fingerprint density at radius 1 is 1.36 bits per heavy atom. The van der Waals surface area contributed by atoms with Gasteiger partial charge in [0.2, 0.25) is 0 Å². The lowest BCUT2D eigenvalue weighted by molar-refractivity contribution is 0.582. The summed E-state index contributed by atoms with van der Waals surface area (Å²) in [5.41, 5.74) is 5.92. The van der Waals surface area contributed by atoms with Crippen molar-refractivity contribution in [1.29, 1.82) is 0 Å². The lowest BCUT2D eigenvalue weighted by Gasteiger charge is -2.12. The Morgan fingerprint density at radius 2 is 1.93 bits per heavy atom. The van der Waals surface area contributed by atoms with Crippen LogP contribution in [-0.2, 0) is 0 Å². The third-order valence-corrected chi connectivity index (χ3v) is 2.03. The normalized spacial score (nSPS) is 18.4. The molecule has 1 heteroatoms. The molecule has 0 spiro atoms. The SMILES string of the molecule is CC.CCCC1C=CC(C)=CC1.CN. The van der Waals surface area contributed by atoms with Crippen molar-refractivity contribution in [3.63, 3.8) is 0 Å². The lowest BCUT2D eigenvalue weighted by atomic mass is 9.94. The van der Waals surface area contributed by atoms with Gasteiger partial charge < -0.3 is 5.73 Å². The quantitative estimate of drug-likeness (QED) is 0.713. The topological polar surface area (TPSA) is 26.0 Å². The van der Waals surface area contributed by atoms with Crippen molar-refractivity contribution in [2.75, 3.05) is 7.05 Å². The van der Waals surface area contributed by atoms with Gasteiger partial charge in [-0.25, -0.2) is 0 Å². The van der Waals surface area contributed by atoms with E-state index in [-0.39, 0.29) is 0 Å². The van der Waals surface area contributed by atoms with Gasteiger partial charge in [0.05, 0.1) is 0 Å². The minimum atomic E-state index is 0.827. The first-order valence-corrected chi connectivity index (χ1v) is 5.75. The Hall–Kier alpha value is -0.560. The van der Waals surface area contributed by atoms with Gasteiger partial charge in [-0.2, -0.15) is 0 Å². The van der Waals surface area contributed by atoms with Gasteiger partial charge in [0.1, 0.15) is 0 Å². The van der Waals surface area contributed by atoms with Crippen LogP contribution in [0.1, 0.15) is 47.0 Å². The van der Waals surface area contributed by atoms with E-state index in [4.69, 9.17) is 0 Å². The standard InChI is InChI=1S/C10H16.C2H6.CH5N/c1-3-4-10-7-5-9(2)6-8-10;2*1-2/h5-7,10H,3-4,8H2,1-2H3;1-2H3;2H2,1H3. The summed E-state index contributed by atoms with van der Waals surface area (Å²) < 4.78 is 0. The summed E-state index contributed by atoms with van der Waals surface area (Å²) in [4.78, 5) is 0. The monoisotopic (exact) mass is 197 g/mol. The van der Waals surface area contributed by atoms with Crippen LogP contribution in [0, 0.1) is 5.92 Å². The predicted molar refractivity (Wildman–Crippen MR) is 67.4 cm³/mol. The van der Waals surface area contributed by atoms with Crippen LogP contribution in [0.2, 0.25) is 0 Å². The molecule has 0 amide bonds. The molecule has 1 nitrogen and oxygen atoms in total. The van der Waals surface area contributed by atoms with Crippen LogP contribution in [0.5, 0.6) is 0 Å². The Bertz CT molecular complexity index is 157. The molecule has 0 aromatic rings. The fourth-order valence-corrected chi connectivity index (χ4v) is 1.36. The molecule has 1 aliphatic rings. The zero-order valence-corrected chi connectivity index (χ0v) is 10.5. The second kappa shape index (κ2) is 12.4. The maximum absolute atomic E-state index is 4.50. The van der Waals surface area contributed by atoms with Crippen molar-refractivity contribution >= 4 is 0 Å². The summed E-state index contributed by atoms with van der Waals surface area (Å²) in [6, 6.07) is 0. The highest BCUT2D eigenvalue weighted by atomic mass is 14.4. The fourth-order valence-electron chi connectivity index (χ4n) is 1.36. The van der Waals surface area contributed by atoms with Gasteiger partial charge in [0.25, 0.3) is 0 Å². The van der Waals surface area contributed by atoms with E-state index in [1.807, 2.05) is 13.8 Å². The third kappa shape index (κ3) is 8.06. The molecule has 0 saturated carbocycles. The first kappa shape index (κ1) is 15.9. The molecular weight excluding hydrogens is 170 g/mol. The zero-order valence-electron chi connectivity index (χ0n) is 10.5. The van der Waals surface area contributed by atoms with Crippen LogP contribution < -0.4 is 5.73 Å². The van der Waals surface area contributed by atoms with Crippen molar-refractivity contribution in [1.82, 2.24) is 0 Å². The van der Waals surface area contributed by atoms with Gasteiger partial charge >= 0.3 is 0 Å². The molecule has 0 aliphatic heterocycles. The molecule has 1 atom stereocenters. The van der Waals surface area contributed by atoms with Crippen molar-refractivity contribution in [3.8, 4) is 0 Å². The molecule has 0 aromatic carbocycles. The molecule has 0 heterocycles. The third-order valence-electron chi connectivity index (χ3n) is 2.03. The number of rotatable bonds is 2. The average Bonchev–Trinajstić information content (AvgIpc) is 2.28. The highest BCUT2D eigenvalue weighted by molar-refractivity contribution is 5.21. The van der Waals surface area contributed by atoms with E-state index in [2.05, 4.69) is 37.8 Å². The summed E-state index contributed by atoms with van der Waals surface area (Å²) in [5.74, 6) is 0.827. The van der Waals surface area contributed by atoms with Gasteiger partial charge in [-0.15, -0.1) is 0 Å². The van der Waals surface area contributed by atoms with Gasteiger partial charge in [-0.1, -0.05) is 51.0 Å². The van der Waals surface area contributed by atoms with E-state index in [0.29, 0.717) is 0 Å². The summed E-state index contributed by atoms with van der Waals surface area (Å²) >= 11 is 0. The van der Waals surface area contributed by atoms with Gasteiger partial charge in [0, 0.05) is 0 Å². The maximum Gasteiger partial charge on any atom is -0.0195 e. The van der Waals surface area contributed by atoms with Crippen molar-refractivity contribution in [2.45, 2.75) is 47.0 Å². The molecule has 0 bridgehead atoms. The van der Waals surface area contributed by atoms with E-state index in [1.165, 1.54) is 31.9 Å². The molecule has 1 aliphatic carbocycles. The fraction of sp³-hybridized carbons (Fsp3) is 0.692. The van der Waals surface area contributed by atoms with E-state index in [9.17, 15) is 0 Å². The molecule has 0 saturated heterocycles. The Balaban J connectivity index is 0. The van der Waals surface area contributed by atoms with Gasteiger partial charge in [0.15, 0.2) is 0 Å². The Morgan fingerprint density at radius 3 is 2.29 bits per heavy atom. The van der Waals surface area contributed by atoms with Crippen molar-refractivity contribution in [3.05, 3.63) is 23.8 Å². The molecule has 14 heavy (non-hydrogen) atoms. The van der Waals surface area contributed by atoms with Crippen molar-refractivity contribution < 1.29 is 0 Å². The largest absolute Gasteiger partial charge is 0.333 e. The molecule has 0 aromatic heterocycles. The molecular formula is C13H27N. The maximum atomic E-state index is 4.50. The highest BCUT2D eigenvalue weighted by Crippen LogP contribution is 2.19. The van der Waals surface area contributed by atoms with Crippen LogP contribution in [0.25, 0.3) is 0 Å². The highest BCUT2D eigenvalue weighted by Gasteiger charge is 2.04. The van der Waals surface area contributed by atoms with E-state index >= 15 is 0 Å². The summed E-state index contributed by atoms with van der Waals surface area (Å²) in [6.45, 7) is 8.41. The summed E-state index contributed by atoms with van der Waals surface area (Å²) in [7, 11) is 1.50. The molecule has 84 valence electrons. The number of hydrogen-bond acceptors (Lipinski definition) is 1. The van der Waals surface area contributed by atoms with Crippen LogP contribution in [-0.4, -0.2) is 7.05 Å². The summed E-state index contributed by atoms with van der Waals surface area (Å²) in [5, 5.41) is 0. The number of allylic oxidation sites excluding steroid dienone is 4. The lowest BCUT2D eigenvalue weighted by Crippen LogP contribution is -1.97. The average molecular weight is 197 g/mol. The first-order chi connectivity index (χ1) is 6.83. The van der Waals surface area contributed by atoms with Crippen LogP contribution in [0.4, 0.5) is 0 Å². The zero-order chi connectivity index (χ0) is 11.4. The number of hydrogen-bond donors (Lipinski definition) is 1. The molecule has 1 unspecified atom stereocenters. The van der Waals surface area contributed by atoms with E-state index < -0.39 is 0 Å². The van der Waals surface area contributed by atoms with Crippen LogP contribution in [0.3, 0.4) is 0 Å². The van der Waals surface area contributed by atoms with Crippen LogP contribution in [0.15, 0.2) is 23.8 Å². The molecule has 0 radical (unpaired) electrons. The van der Waals surface area contributed by atoms with E-state index in [1.54, 1.807) is 0 Å². The molecule has 1 rings (SSSR count). The minimum Gasteiger partial charge on any atom is -0.333 e. The predicted octanol–water partition coefficient (Wildman–Crippen LogP) is 3.91. The molecule has 2 N–H and O–H groups in total. The van der Waals surface area contributed by atoms with Gasteiger partial charge in [-0.3, -0.25) is 0 Å². The number of nitrogens with two attached hydrogens (primary N) is 1. The smallest absolute Gasteiger partial charge is 0.0195 e. The van der Waals surface area contributed by atoms with Crippen molar-refractivity contribution in [2.24, 2.45) is 11.7 Å². The van der Waals surface area contributed by atoms with Crippen LogP contribution >= 0.6 is 0 Å². The van der Waals surface area contributed by atoms with E-state index in [0.717, 1.165) is 5.92 Å². The molecule has 0 fully saturated rings. The minimum absolute atomic E-state index is 0.827. The first-order valence-electron chi connectivity index (χ1n) is 5.75. The second-order valence-electron chi connectivity index (χ2n) is 3.09.